The molecule has 1 amide bonds. The Morgan fingerprint density at radius 1 is 1.30 bits per heavy atom. The molecule has 2 rings (SSSR count). The monoisotopic (exact) mass is 396 g/mol. The molecule has 0 fully saturated rings. The molecule has 1 heterocycles. The summed E-state index contributed by atoms with van der Waals surface area (Å²) in [5.41, 5.74) is 6.67. The van der Waals surface area contributed by atoms with Crippen molar-refractivity contribution >= 4 is 24.0 Å². The number of anilines is 1. The van der Waals surface area contributed by atoms with E-state index in [1.165, 1.54) is 4.68 Å². The first-order valence-electron chi connectivity index (χ1n) is 8.60. The predicted molar refractivity (Wildman–Crippen MR) is 110 cm³/mol. The van der Waals surface area contributed by atoms with Gasteiger partial charge in [-0.15, -0.1) is 12.4 Å². The van der Waals surface area contributed by atoms with Crippen LogP contribution in [0.15, 0.2) is 35.1 Å². The molecule has 0 spiro atoms. The average Bonchev–Trinajstić information content (AvgIpc) is 2.86. The summed E-state index contributed by atoms with van der Waals surface area (Å²) in [6.07, 6.45) is 0. The highest BCUT2D eigenvalue weighted by Gasteiger charge is 2.31. The molecule has 150 valence electrons. The highest BCUT2D eigenvalue weighted by Crippen LogP contribution is 2.26. The summed E-state index contributed by atoms with van der Waals surface area (Å²) in [4.78, 5) is 25.7. The Labute approximate surface area is 165 Å². The van der Waals surface area contributed by atoms with Gasteiger partial charge in [-0.2, -0.15) is 0 Å². The van der Waals surface area contributed by atoms with Crippen LogP contribution >= 0.6 is 12.4 Å². The Hall–Kier alpha value is -2.09. The van der Waals surface area contributed by atoms with Gasteiger partial charge in [-0.3, -0.25) is 14.3 Å². The fourth-order valence-corrected chi connectivity index (χ4v) is 2.70. The number of nitrogens with one attached hydrogen (secondary N) is 1. The van der Waals surface area contributed by atoms with Crippen LogP contribution in [0, 0.1) is 11.3 Å². The van der Waals surface area contributed by atoms with Crippen molar-refractivity contribution in [3.05, 3.63) is 46.4 Å². The van der Waals surface area contributed by atoms with E-state index in [1.807, 2.05) is 51.1 Å². The van der Waals surface area contributed by atoms with Crippen molar-refractivity contribution in [3.8, 4) is 5.69 Å². The van der Waals surface area contributed by atoms with Crippen molar-refractivity contribution in [1.82, 2.24) is 9.36 Å². The molecule has 0 aliphatic rings. The lowest BCUT2D eigenvalue weighted by Gasteiger charge is -2.29. The summed E-state index contributed by atoms with van der Waals surface area (Å²) < 4.78 is 8.46. The van der Waals surface area contributed by atoms with Crippen LogP contribution in [0.3, 0.4) is 0 Å². The summed E-state index contributed by atoms with van der Waals surface area (Å²) in [5, 5.41) is 2.81. The first-order valence-corrected chi connectivity index (χ1v) is 8.60. The van der Waals surface area contributed by atoms with E-state index in [0.29, 0.717) is 17.9 Å². The minimum Gasteiger partial charge on any atom is -0.378 e. The number of nitrogens with two attached hydrogens (primary N) is 1. The van der Waals surface area contributed by atoms with Gasteiger partial charge in [-0.1, -0.05) is 39.0 Å². The molecule has 0 aliphatic carbocycles. The first kappa shape index (κ1) is 23.0. The highest BCUT2D eigenvalue weighted by atomic mass is 35.5. The van der Waals surface area contributed by atoms with Crippen LogP contribution in [0.1, 0.15) is 26.5 Å². The molecule has 1 aromatic carbocycles. The zero-order chi connectivity index (χ0) is 19.5. The van der Waals surface area contributed by atoms with Gasteiger partial charge in [0.2, 0.25) is 5.91 Å². The molecular formula is C19H29ClN4O3. The molecule has 1 unspecified atom stereocenters. The van der Waals surface area contributed by atoms with Crippen molar-refractivity contribution in [3.63, 3.8) is 0 Å². The van der Waals surface area contributed by atoms with E-state index < -0.39 is 0 Å². The van der Waals surface area contributed by atoms with Crippen LogP contribution in [0.4, 0.5) is 5.69 Å². The third-order valence-corrected chi connectivity index (χ3v) is 5.01. The lowest BCUT2D eigenvalue weighted by molar-refractivity contribution is -0.122. The standard InChI is InChI=1S/C19H28N4O3.ClH/c1-13(19(2,3)12-20)17(24)21-16-15(11-26-5)22(4)23(18(16)25)14-9-7-6-8-10-14;/h6-10,13H,11-12,20H2,1-5H3,(H,21,24);1H. The molecule has 0 bridgehead atoms. The second-order valence-corrected chi connectivity index (χ2v) is 7.13. The molecule has 0 saturated carbocycles. The number of amides is 1. The minimum atomic E-state index is -0.376. The quantitative estimate of drug-likeness (QED) is 0.751. The van der Waals surface area contributed by atoms with Gasteiger partial charge >= 0.3 is 0 Å². The Bertz CT molecular complexity index is 827. The SMILES string of the molecule is COCc1c(NC(=O)C(C)C(C)(C)CN)c(=O)n(-c2ccccc2)n1C.Cl. The number of ether oxygens (including phenoxy) is 1. The summed E-state index contributed by atoms with van der Waals surface area (Å²) >= 11 is 0. The number of nitrogens with zero attached hydrogens (tertiary/aromatic N) is 2. The topological polar surface area (TPSA) is 91.3 Å². The Morgan fingerprint density at radius 2 is 1.89 bits per heavy atom. The molecule has 8 heteroatoms. The molecule has 0 aliphatic heterocycles. The largest absolute Gasteiger partial charge is 0.378 e. The summed E-state index contributed by atoms with van der Waals surface area (Å²) in [7, 11) is 3.32. The van der Waals surface area contributed by atoms with Crippen LogP contribution in [-0.2, 0) is 23.2 Å². The van der Waals surface area contributed by atoms with Crippen molar-refractivity contribution in [2.24, 2.45) is 24.1 Å². The van der Waals surface area contributed by atoms with Crippen molar-refractivity contribution in [1.29, 1.82) is 0 Å². The number of carbonyl (C=O) groups excluding carboxylic acids is 1. The normalized spacial score (nSPS) is 12.4. The third-order valence-electron chi connectivity index (χ3n) is 5.01. The summed E-state index contributed by atoms with van der Waals surface area (Å²) in [5.74, 6) is -0.589. The Kier molecular flexibility index (Phi) is 7.83. The van der Waals surface area contributed by atoms with Crippen LogP contribution in [0.5, 0.6) is 0 Å². The van der Waals surface area contributed by atoms with Gasteiger partial charge in [-0.05, 0) is 24.1 Å². The lowest BCUT2D eigenvalue weighted by Crippen LogP contribution is -2.39. The zero-order valence-corrected chi connectivity index (χ0v) is 17.3. The van der Waals surface area contributed by atoms with E-state index in [-0.39, 0.29) is 47.5 Å². The average molecular weight is 397 g/mol. The Balaban J connectivity index is 0.00000364. The summed E-state index contributed by atoms with van der Waals surface area (Å²) in [6, 6.07) is 9.27. The molecule has 1 aromatic heterocycles. The van der Waals surface area contributed by atoms with Crippen molar-refractivity contribution in [2.75, 3.05) is 19.0 Å². The van der Waals surface area contributed by atoms with Crippen LogP contribution in [0.2, 0.25) is 0 Å². The first-order chi connectivity index (χ1) is 12.2. The van der Waals surface area contributed by atoms with E-state index >= 15 is 0 Å². The van der Waals surface area contributed by atoms with E-state index in [4.69, 9.17) is 10.5 Å². The van der Waals surface area contributed by atoms with Crippen LogP contribution < -0.4 is 16.6 Å². The number of methoxy groups -OCH3 is 1. The Morgan fingerprint density at radius 3 is 2.41 bits per heavy atom. The number of para-hydroxylation sites is 1. The van der Waals surface area contributed by atoms with Crippen LogP contribution in [0.25, 0.3) is 5.69 Å². The molecule has 0 saturated heterocycles. The predicted octanol–water partition coefficient (Wildman–Crippen LogP) is 2.30. The van der Waals surface area contributed by atoms with Gasteiger partial charge in [0.1, 0.15) is 5.69 Å². The van der Waals surface area contributed by atoms with E-state index in [2.05, 4.69) is 5.32 Å². The van der Waals surface area contributed by atoms with E-state index in [9.17, 15) is 9.59 Å². The number of hydrogen-bond donors (Lipinski definition) is 2. The minimum absolute atomic E-state index is 0. The number of aromatic nitrogens is 2. The maximum absolute atomic E-state index is 13.0. The molecule has 27 heavy (non-hydrogen) atoms. The second-order valence-electron chi connectivity index (χ2n) is 7.13. The fraction of sp³-hybridized carbons (Fsp3) is 0.474. The molecular weight excluding hydrogens is 368 g/mol. The maximum atomic E-state index is 13.0. The molecule has 3 N–H and O–H groups in total. The number of carbonyl (C=O) groups is 1. The number of hydrogen-bond acceptors (Lipinski definition) is 4. The molecule has 1 atom stereocenters. The van der Waals surface area contributed by atoms with Gasteiger partial charge in [0, 0.05) is 20.1 Å². The number of benzene rings is 1. The number of halogens is 1. The zero-order valence-electron chi connectivity index (χ0n) is 16.5. The molecule has 0 radical (unpaired) electrons. The van der Waals surface area contributed by atoms with Gasteiger partial charge in [0.15, 0.2) is 0 Å². The van der Waals surface area contributed by atoms with Gasteiger partial charge in [0.05, 0.1) is 18.0 Å². The third kappa shape index (κ3) is 4.61. The van der Waals surface area contributed by atoms with Gasteiger partial charge < -0.3 is 15.8 Å². The van der Waals surface area contributed by atoms with Crippen LogP contribution in [-0.4, -0.2) is 28.9 Å². The van der Waals surface area contributed by atoms with E-state index in [1.54, 1.807) is 18.8 Å². The number of rotatable bonds is 7. The summed E-state index contributed by atoms with van der Waals surface area (Å²) in [6.45, 7) is 6.25. The molecule has 7 nitrogen and oxygen atoms in total. The highest BCUT2D eigenvalue weighted by molar-refractivity contribution is 5.93. The van der Waals surface area contributed by atoms with Crippen molar-refractivity contribution in [2.45, 2.75) is 27.4 Å². The van der Waals surface area contributed by atoms with Crippen molar-refractivity contribution < 1.29 is 9.53 Å². The maximum Gasteiger partial charge on any atom is 0.295 e. The van der Waals surface area contributed by atoms with Gasteiger partial charge in [-0.25, -0.2) is 4.68 Å². The second kappa shape index (κ2) is 9.21. The smallest absolute Gasteiger partial charge is 0.295 e. The molecule has 2 aromatic rings. The van der Waals surface area contributed by atoms with Gasteiger partial charge in [0.25, 0.3) is 5.56 Å². The lowest BCUT2D eigenvalue weighted by atomic mass is 9.79. The van der Waals surface area contributed by atoms with E-state index in [0.717, 1.165) is 0 Å². The fourth-order valence-electron chi connectivity index (χ4n) is 2.70.